The van der Waals surface area contributed by atoms with E-state index in [4.69, 9.17) is 5.84 Å². The molecule has 0 heterocycles. The molecule has 0 aromatic heterocycles. The molecule has 0 bridgehead atoms. The number of hydrogen-bond donors (Lipinski definition) is 3. The monoisotopic (exact) mass is 253 g/mol. The van der Waals surface area contributed by atoms with Gasteiger partial charge in [-0.25, -0.2) is 10.2 Å². The van der Waals surface area contributed by atoms with Gasteiger partial charge in [-0.15, -0.1) is 0 Å². The molecule has 1 aromatic carbocycles. The molecule has 1 rings (SSSR count). The normalized spacial score (nSPS) is 12.1. The van der Waals surface area contributed by atoms with Gasteiger partial charge in [-0.3, -0.25) is 15.0 Å². The minimum absolute atomic E-state index is 0.113. The summed E-state index contributed by atoms with van der Waals surface area (Å²) in [6, 6.07) is 4.34. The van der Waals surface area contributed by atoms with Gasteiger partial charge >= 0.3 is 0 Å². The highest BCUT2D eigenvalue weighted by Gasteiger charge is 2.23. The number of halogens is 1. The molecule has 0 aliphatic heterocycles. The fourth-order valence-corrected chi connectivity index (χ4v) is 1.45. The number of carbonyl (C=O) groups excluding carboxylic acids is 2. The summed E-state index contributed by atoms with van der Waals surface area (Å²) in [6.45, 7) is 3.57. The van der Waals surface area contributed by atoms with Gasteiger partial charge in [0.15, 0.2) is 0 Å². The molecule has 0 radical (unpaired) electrons. The summed E-state index contributed by atoms with van der Waals surface area (Å²) in [6.07, 6.45) is 0. The lowest BCUT2D eigenvalue weighted by Gasteiger charge is -2.20. The van der Waals surface area contributed by atoms with E-state index in [1.165, 1.54) is 24.3 Å². The quantitative estimate of drug-likeness (QED) is 0.416. The van der Waals surface area contributed by atoms with Crippen LogP contribution in [0.4, 0.5) is 4.39 Å². The number of amides is 2. The molecule has 0 saturated carbocycles. The summed E-state index contributed by atoms with van der Waals surface area (Å²) in [4.78, 5) is 23.3. The molecule has 0 aliphatic rings. The minimum Gasteiger partial charge on any atom is -0.340 e. The van der Waals surface area contributed by atoms with E-state index in [-0.39, 0.29) is 11.5 Å². The van der Waals surface area contributed by atoms with Gasteiger partial charge in [0, 0.05) is 5.56 Å². The minimum atomic E-state index is -0.729. The van der Waals surface area contributed by atoms with Gasteiger partial charge in [0.05, 0.1) is 0 Å². The summed E-state index contributed by atoms with van der Waals surface area (Å²) in [5, 5.41) is 2.55. The standard InChI is InChI=1S/C12H16FN3O2/c1-7(2)10(12(18)16-14)15-11(17)8-3-5-9(13)6-4-8/h3-7,10H,14H2,1-2H3,(H,15,17)(H,16,18)/t10-/m1/s1. The van der Waals surface area contributed by atoms with E-state index in [2.05, 4.69) is 5.32 Å². The van der Waals surface area contributed by atoms with Gasteiger partial charge in [-0.05, 0) is 30.2 Å². The van der Waals surface area contributed by atoms with E-state index in [1.54, 1.807) is 13.8 Å². The highest BCUT2D eigenvalue weighted by Crippen LogP contribution is 2.06. The van der Waals surface area contributed by atoms with E-state index < -0.39 is 23.7 Å². The van der Waals surface area contributed by atoms with Crippen LogP contribution in [0.3, 0.4) is 0 Å². The molecule has 0 fully saturated rings. The molecule has 4 N–H and O–H groups in total. The van der Waals surface area contributed by atoms with Crippen molar-refractivity contribution < 1.29 is 14.0 Å². The Labute approximate surface area is 105 Å². The largest absolute Gasteiger partial charge is 0.340 e. The Kier molecular flexibility index (Phi) is 4.79. The van der Waals surface area contributed by atoms with Crippen LogP contribution < -0.4 is 16.6 Å². The van der Waals surface area contributed by atoms with Gasteiger partial charge in [-0.2, -0.15) is 0 Å². The second kappa shape index (κ2) is 6.11. The van der Waals surface area contributed by atoms with Crippen molar-refractivity contribution in [2.75, 3.05) is 0 Å². The molecular formula is C12H16FN3O2. The first-order valence-corrected chi connectivity index (χ1v) is 5.52. The van der Waals surface area contributed by atoms with Gasteiger partial charge in [0.25, 0.3) is 11.8 Å². The van der Waals surface area contributed by atoms with Crippen LogP contribution in [0.15, 0.2) is 24.3 Å². The third kappa shape index (κ3) is 3.53. The van der Waals surface area contributed by atoms with Crippen molar-refractivity contribution in [2.45, 2.75) is 19.9 Å². The number of rotatable bonds is 4. The lowest BCUT2D eigenvalue weighted by atomic mass is 10.0. The third-order valence-corrected chi connectivity index (χ3v) is 2.48. The van der Waals surface area contributed by atoms with Gasteiger partial charge in [0.1, 0.15) is 11.9 Å². The average Bonchev–Trinajstić information content (AvgIpc) is 2.35. The summed E-state index contributed by atoms with van der Waals surface area (Å²) in [7, 11) is 0. The van der Waals surface area contributed by atoms with E-state index >= 15 is 0 Å². The van der Waals surface area contributed by atoms with Crippen molar-refractivity contribution in [3.05, 3.63) is 35.6 Å². The smallest absolute Gasteiger partial charge is 0.256 e. The number of hydrogen-bond acceptors (Lipinski definition) is 3. The van der Waals surface area contributed by atoms with E-state index in [1.807, 2.05) is 5.43 Å². The molecule has 0 saturated heterocycles. The van der Waals surface area contributed by atoms with Crippen LogP contribution in [0, 0.1) is 11.7 Å². The van der Waals surface area contributed by atoms with Gasteiger partial charge < -0.3 is 5.32 Å². The van der Waals surface area contributed by atoms with E-state index in [0.717, 1.165) is 0 Å². The van der Waals surface area contributed by atoms with Crippen LogP contribution in [0.5, 0.6) is 0 Å². The number of benzene rings is 1. The molecule has 1 aromatic rings. The number of nitrogens with two attached hydrogens (primary N) is 1. The summed E-state index contributed by atoms with van der Waals surface area (Å²) in [5.74, 6) is 3.59. The maximum atomic E-state index is 12.7. The lowest BCUT2D eigenvalue weighted by molar-refractivity contribution is -0.124. The van der Waals surface area contributed by atoms with E-state index in [9.17, 15) is 14.0 Å². The second-order valence-corrected chi connectivity index (χ2v) is 4.21. The van der Waals surface area contributed by atoms with Gasteiger partial charge in [-0.1, -0.05) is 13.8 Å². The summed E-state index contributed by atoms with van der Waals surface area (Å²) < 4.78 is 12.7. The maximum Gasteiger partial charge on any atom is 0.256 e. The maximum absolute atomic E-state index is 12.7. The molecule has 6 heteroatoms. The fraction of sp³-hybridized carbons (Fsp3) is 0.333. The van der Waals surface area contributed by atoms with Crippen molar-refractivity contribution in [3.8, 4) is 0 Å². The fourth-order valence-electron chi connectivity index (χ4n) is 1.45. The van der Waals surface area contributed by atoms with Crippen molar-refractivity contribution in [1.82, 2.24) is 10.7 Å². The highest BCUT2D eigenvalue weighted by molar-refractivity contribution is 5.97. The topological polar surface area (TPSA) is 84.2 Å². The summed E-state index contributed by atoms with van der Waals surface area (Å²) >= 11 is 0. The molecule has 0 spiro atoms. The van der Waals surface area contributed by atoms with Crippen LogP contribution in [-0.4, -0.2) is 17.9 Å². The summed E-state index contributed by atoms with van der Waals surface area (Å²) in [5.41, 5.74) is 2.28. The molecular weight excluding hydrogens is 237 g/mol. The van der Waals surface area contributed by atoms with Crippen LogP contribution in [0.2, 0.25) is 0 Å². The van der Waals surface area contributed by atoms with Crippen molar-refractivity contribution in [1.29, 1.82) is 0 Å². The molecule has 0 aliphatic carbocycles. The molecule has 0 unspecified atom stereocenters. The van der Waals surface area contributed by atoms with Crippen LogP contribution in [0.1, 0.15) is 24.2 Å². The molecule has 98 valence electrons. The Bertz CT molecular complexity index is 431. The Morgan fingerprint density at radius 3 is 2.22 bits per heavy atom. The van der Waals surface area contributed by atoms with Crippen LogP contribution >= 0.6 is 0 Å². The molecule has 5 nitrogen and oxygen atoms in total. The average molecular weight is 253 g/mol. The predicted molar refractivity (Wildman–Crippen MR) is 64.8 cm³/mol. The molecule has 18 heavy (non-hydrogen) atoms. The lowest BCUT2D eigenvalue weighted by Crippen LogP contribution is -2.51. The van der Waals surface area contributed by atoms with Crippen molar-refractivity contribution >= 4 is 11.8 Å². The second-order valence-electron chi connectivity index (χ2n) is 4.21. The first-order valence-electron chi connectivity index (χ1n) is 5.52. The first kappa shape index (κ1) is 14.1. The number of hydrazine groups is 1. The highest BCUT2D eigenvalue weighted by atomic mass is 19.1. The van der Waals surface area contributed by atoms with Crippen LogP contribution in [-0.2, 0) is 4.79 Å². The molecule has 2 amide bonds. The predicted octanol–water partition coefficient (Wildman–Crippen LogP) is 0.570. The van der Waals surface area contributed by atoms with Crippen molar-refractivity contribution in [2.24, 2.45) is 11.8 Å². The van der Waals surface area contributed by atoms with Gasteiger partial charge in [0.2, 0.25) is 0 Å². The Hall–Kier alpha value is -1.95. The SMILES string of the molecule is CC(C)[C@@H](NC(=O)c1ccc(F)cc1)C(=O)NN. The van der Waals surface area contributed by atoms with E-state index in [0.29, 0.717) is 0 Å². The number of nitrogens with one attached hydrogen (secondary N) is 2. The Morgan fingerprint density at radius 2 is 1.78 bits per heavy atom. The third-order valence-electron chi connectivity index (χ3n) is 2.48. The molecule has 1 atom stereocenters. The number of carbonyl (C=O) groups is 2. The Morgan fingerprint density at radius 1 is 1.22 bits per heavy atom. The zero-order chi connectivity index (χ0) is 13.7. The Balaban J connectivity index is 2.78. The zero-order valence-electron chi connectivity index (χ0n) is 10.2. The zero-order valence-corrected chi connectivity index (χ0v) is 10.2. The van der Waals surface area contributed by atoms with Crippen molar-refractivity contribution in [3.63, 3.8) is 0 Å². The first-order chi connectivity index (χ1) is 8.45. The van der Waals surface area contributed by atoms with Crippen LogP contribution in [0.25, 0.3) is 0 Å².